The van der Waals surface area contributed by atoms with Crippen LogP contribution >= 0.6 is 0 Å². The average molecular weight is 315 g/mol. The molecule has 2 fully saturated rings. The number of pyridine rings is 1. The Labute approximate surface area is 135 Å². The molecule has 3 amide bonds. The lowest BCUT2D eigenvalue weighted by Crippen LogP contribution is -2.46. The summed E-state index contributed by atoms with van der Waals surface area (Å²) < 4.78 is 0. The molecular formula is C17H21N3O3. The Morgan fingerprint density at radius 3 is 2.61 bits per heavy atom. The summed E-state index contributed by atoms with van der Waals surface area (Å²) in [5.74, 6) is -0.576. The van der Waals surface area contributed by atoms with Gasteiger partial charge in [0.15, 0.2) is 0 Å². The van der Waals surface area contributed by atoms with Crippen LogP contribution in [0.25, 0.3) is 0 Å². The number of carbonyl (C=O) groups is 3. The van der Waals surface area contributed by atoms with Crippen LogP contribution in [0.2, 0.25) is 0 Å². The highest BCUT2D eigenvalue weighted by molar-refractivity contribution is 6.10. The Morgan fingerprint density at radius 1 is 1.26 bits per heavy atom. The molecule has 0 radical (unpaired) electrons. The van der Waals surface area contributed by atoms with E-state index >= 15 is 0 Å². The van der Waals surface area contributed by atoms with Gasteiger partial charge in [-0.2, -0.15) is 0 Å². The van der Waals surface area contributed by atoms with Crippen molar-refractivity contribution in [3.8, 4) is 0 Å². The summed E-state index contributed by atoms with van der Waals surface area (Å²) in [6.07, 6.45) is 6.88. The Bertz CT molecular complexity index is 648. The Balaban J connectivity index is 1.76. The van der Waals surface area contributed by atoms with E-state index in [4.69, 9.17) is 0 Å². The summed E-state index contributed by atoms with van der Waals surface area (Å²) in [7, 11) is 0. The lowest BCUT2D eigenvalue weighted by Gasteiger charge is -2.24. The topological polar surface area (TPSA) is 79.4 Å². The molecule has 2 aliphatic rings. The number of imide groups is 1. The molecule has 3 rings (SSSR count). The summed E-state index contributed by atoms with van der Waals surface area (Å²) >= 11 is 0. The second kappa shape index (κ2) is 6.10. The number of hydrogen-bond acceptors (Lipinski definition) is 4. The minimum absolute atomic E-state index is 0.247. The number of carbonyl (C=O) groups excluding carboxylic acids is 3. The van der Waals surface area contributed by atoms with Gasteiger partial charge in [-0.05, 0) is 37.5 Å². The number of aryl methyl sites for hydroxylation is 1. The van der Waals surface area contributed by atoms with Crippen LogP contribution in [0, 0.1) is 6.92 Å². The minimum Gasteiger partial charge on any atom is -0.323 e. The van der Waals surface area contributed by atoms with Gasteiger partial charge in [-0.1, -0.05) is 25.7 Å². The van der Waals surface area contributed by atoms with Crippen LogP contribution < -0.4 is 5.32 Å². The van der Waals surface area contributed by atoms with Crippen molar-refractivity contribution >= 4 is 17.7 Å². The van der Waals surface area contributed by atoms with E-state index in [1.165, 1.54) is 0 Å². The second-order valence-corrected chi connectivity index (χ2v) is 6.46. The van der Waals surface area contributed by atoms with Crippen LogP contribution in [0.1, 0.15) is 54.6 Å². The van der Waals surface area contributed by atoms with Crippen LogP contribution in [0.3, 0.4) is 0 Å². The number of urea groups is 1. The van der Waals surface area contributed by atoms with E-state index < -0.39 is 11.6 Å². The second-order valence-electron chi connectivity index (χ2n) is 6.46. The monoisotopic (exact) mass is 315 g/mol. The highest BCUT2D eigenvalue weighted by Gasteiger charge is 2.51. The molecule has 1 saturated carbocycles. The van der Waals surface area contributed by atoms with E-state index in [1.54, 1.807) is 18.3 Å². The van der Waals surface area contributed by atoms with Crippen molar-refractivity contribution in [3.63, 3.8) is 0 Å². The molecule has 0 aromatic carbocycles. The predicted octanol–water partition coefficient (Wildman–Crippen LogP) is 2.22. The number of nitrogens with one attached hydrogen (secondary N) is 1. The van der Waals surface area contributed by atoms with Gasteiger partial charge < -0.3 is 5.32 Å². The molecule has 1 spiro atoms. The van der Waals surface area contributed by atoms with Crippen molar-refractivity contribution in [1.29, 1.82) is 0 Å². The number of rotatable bonds is 3. The average Bonchev–Trinajstić information content (AvgIpc) is 2.71. The summed E-state index contributed by atoms with van der Waals surface area (Å²) in [4.78, 5) is 42.4. The van der Waals surface area contributed by atoms with Crippen molar-refractivity contribution < 1.29 is 14.4 Å². The Morgan fingerprint density at radius 2 is 1.96 bits per heavy atom. The molecule has 1 aromatic rings. The summed E-state index contributed by atoms with van der Waals surface area (Å²) in [6.45, 7) is 1.62. The molecule has 122 valence electrons. The van der Waals surface area contributed by atoms with Crippen molar-refractivity contribution in [3.05, 3.63) is 29.6 Å². The van der Waals surface area contributed by atoms with Crippen molar-refractivity contribution in [2.24, 2.45) is 0 Å². The highest BCUT2D eigenvalue weighted by atomic mass is 16.2. The third-order valence-electron chi connectivity index (χ3n) is 4.71. The van der Waals surface area contributed by atoms with Crippen LogP contribution in [0.4, 0.5) is 4.79 Å². The van der Waals surface area contributed by atoms with Gasteiger partial charge in [0, 0.05) is 6.20 Å². The SMILES string of the molecule is Cc1ccnc(C(=O)CN2C(=O)NC3(CCCCCC3)C2=O)c1. The van der Waals surface area contributed by atoms with Gasteiger partial charge in [0.25, 0.3) is 5.91 Å². The maximum Gasteiger partial charge on any atom is 0.325 e. The van der Waals surface area contributed by atoms with E-state index in [0.29, 0.717) is 12.8 Å². The smallest absolute Gasteiger partial charge is 0.323 e. The van der Waals surface area contributed by atoms with Crippen LogP contribution in [0.5, 0.6) is 0 Å². The highest BCUT2D eigenvalue weighted by Crippen LogP contribution is 2.32. The first-order valence-corrected chi connectivity index (χ1v) is 8.12. The third-order valence-corrected chi connectivity index (χ3v) is 4.71. The molecule has 0 bridgehead atoms. The van der Waals surface area contributed by atoms with Gasteiger partial charge in [0.1, 0.15) is 11.2 Å². The molecule has 6 nitrogen and oxygen atoms in total. The molecular weight excluding hydrogens is 294 g/mol. The summed E-state index contributed by atoms with van der Waals surface area (Å²) in [6, 6.07) is 3.01. The van der Waals surface area contributed by atoms with E-state index in [-0.39, 0.29) is 23.9 Å². The zero-order valence-corrected chi connectivity index (χ0v) is 13.3. The van der Waals surface area contributed by atoms with E-state index in [1.807, 2.05) is 6.92 Å². The third kappa shape index (κ3) is 2.98. The summed E-state index contributed by atoms with van der Waals surface area (Å²) in [5.41, 5.74) is 0.404. The van der Waals surface area contributed by atoms with Gasteiger partial charge in [-0.3, -0.25) is 19.5 Å². The number of ketones is 1. The van der Waals surface area contributed by atoms with E-state index in [2.05, 4.69) is 10.3 Å². The number of hydrogen-bond donors (Lipinski definition) is 1. The van der Waals surface area contributed by atoms with E-state index in [9.17, 15) is 14.4 Å². The Hall–Kier alpha value is -2.24. The number of Topliss-reactive ketones (excluding diaryl/α,β-unsaturated/α-hetero) is 1. The van der Waals surface area contributed by atoms with Crippen molar-refractivity contribution in [2.75, 3.05) is 6.54 Å². The molecule has 1 N–H and O–H groups in total. The van der Waals surface area contributed by atoms with Gasteiger partial charge in [0.05, 0.1) is 6.54 Å². The molecule has 0 atom stereocenters. The van der Waals surface area contributed by atoms with Gasteiger partial charge in [-0.15, -0.1) is 0 Å². The van der Waals surface area contributed by atoms with Crippen LogP contribution in [-0.2, 0) is 4.79 Å². The molecule has 2 heterocycles. The molecule has 1 aliphatic carbocycles. The first-order chi connectivity index (χ1) is 11.0. The lowest BCUT2D eigenvalue weighted by molar-refractivity contribution is -0.131. The normalized spacial score (nSPS) is 20.5. The number of aromatic nitrogens is 1. The quantitative estimate of drug-likeness (QED) is 0.685. The van der Waals surface area contributed by atoms with Crippen molar-refractivity contribution in [1.82, 2.24) is 15.2 Å². The number of nitrogens with zero attached hydrogens (tertiary/aromatic N) is 2. The summed E-state index contributed by atoms with van der Waals surface area (Å²) in [5, 5.41) is 2.84. The lowest BCUT2D eigenvalue weighted by atomic mass is 9.90. The van der Waals surface area contributed by atoms with Gasteiger partial charge in [0.2, 0.25) is 5.78 Å². The Kier molecular flexibility index (Phi) is 4.15. The first-order valence-electron chi connectivity index (χ1n) is 8.12. The number of amides is 3. The zero-order valence-electron chi connectivity index (χ0n) is 13.3. The molecule has 6 heteroatoms. The first kappa shape index (κ1) is 15.6. The molecule has 1 saturated heterocycles. The predicted molar refractivity (Wildman–Crippen MR) is 84.0 cm³/mol. The zero-order chi connectivity index (χ0) is 16.4. The standard InChI is InChI=1S/C17H21N3O3/c1-12-6-9-18-13(10-12)14(21)11-20-15(22)17(19-16(20)23)7-4-2-3-5-8-17/h6,9-10H,2-5,7-8,11H2,1H3,(H,19,23). The maximum atomic E-state index is 12.7. The fourth-order valence-corrected chi connectivity index (χ4v) is 3.40. The molecule has 0 unspecified atom stereocenters. The fraction of sp³-hybridized carbons (Fsp3) is 0.529. The largest absolute Gasteiger partial charge is 0.325 e. The molecule has 23 heavy (non-hydrogen) atoms. The maximum absolute atomic E-state index is 12.7. The minimum atomic E-state index is -0.798. The van der Waals surface area contributed by atoms with Crippen LogP contribution in [0.15, 0.2) is 18.3 Å². The van der Waals surface area contributed by atoms with E-state index in [0.717, 1.165) is 36.1 Å². The molecule has 1 aromatic heterocycles. The fourth-order valence-electron chi connectivity index (χ4n) is 3.40. The molecule has 1 aliphatic heterocycles. The van der Waals surface area contributed by atoms with Gasteiger partial charge >= 0.3 is 6.03 Å². The van der Waals surface area contributed by atoms with Gasteiger partial charge in [-0.25, -0.2) is 4.79 Å². The van der Waals surface area contributed by atoms with Crippen LogP contribution in [-0.4, -0.2) is 39.7 Å². The van der Waals surface area contributed by atoms with Crippen molar-refractivity contribution in [2.45, 2.75) is 51.0 Å².